The highest BCUT2D eigenvalue weighted by Gasteiger charge is 2.12. The van der Waals surface area contributed by atoms with E-state index in [2.05, 4.69) is 26.1 Å². The van der Waals surface area contributed by atoms with E-state index < -0.39 is 6.10 Å². The van der Waals surface area contributed by atoms with Crippen LogP contribution in [0.25, 0.3) is 0 Å². The molecule has 0 amide bonds. The second-order valence-corrected chi connectivity index (χ2v) is 6.32. The molecule has 0 aliphatic rings. The summed E-state index contributed by atoms with van der Waals surface area (Å²) in [6, 6.07) is 0. The van der Waals surface area contributed by atoms with Crippen molar-refractivity contribution in [2.45, 2.75) is 58.8 Å². The summed E-state index contributed by atoms with van der Waals surface area (Å²) < 4.78 is 10.8. The summed E-state index contributed by atoms with van der Waals surface area (Å²) in [5.41, 5.74) is -0.105. The molecule has 0 bridgehead atoms. The Morgan fingerprint density at radius 1 is 1.06 bits per heavy atom. The topological polar surface area (TPSA) is 50.7 Å². The van der Waals surface area contributed by atoms with Gasteiger partial charge in [-0.15, -0.1) is 0 Å². The molecule has 0 aliphatic heterocycles. The van der Waals surface area contributed by atoms with Gasteiger partial charge in [0.25, 0.3) is 0 Å². The molecule has 0 radical (unpaired) electrons. The van der Waals surface area contributed by atoms with Crippen LogP contribution in [0.15, 0.2) is 0 Å². The van der Waals surface area contributed by atoms with Gasteiger partial charge in [0.2, 0.25) is 0 Å². The Morgan fingerprint density at radius 3 is 2.12 bits per heavy atom. The van der Waals surface area contributed by atoms with Crippen LogP contribution in [0.1, 0.15) is 41.5 Å². The summed E-state index contributed by atoms with van der Waals surface area (Å²) in [4.78, 5) is 0. The first-order valence-electron chi connectivity index (χ1n) is 6.25. The Bertz CT molecular complexity index is 194. The fraction of sp³-hybridized carbons (Fsp3) is 1.00. The Morgan fingerprint density at radius 2 is 1.65 bits per heavy atom. The van der Waals surface area contributed by atoms with Gasteiger partial charge in [-0.1, -0.05) is 0 Å². The van der Waals surface area contributed by atoms with Crippen molar-refractivity contribution in [2.75, 3.05) is 26.4 Å². The average Bonchev–Trinajstić information content (AvgIpc) is 2.11. The molecule has 4 heteroatoms. The van der Waals surface area contributed by atoms with Gasteiger partial charge in [0, 0.05) is 12.1 Å². The second kappa shape index (κ2) is 7.31. The van der Waals surface area contributed by atoms with E-state index in [0.29, 0.717) is 26.4 Å². The molecule has 1 unspecified atom stereocenters. The molecule has 0 heterocycles. The molecule has 0 aromatic heterocycles. The summed E-state index contributed by atoms with van der Waals surface area (Å²) in [5, 5.41) is 12.9. The highest BCUT2D eigenvalue weighted by atomic mass is 16.5. The number of ether oxygens (including phenoxy) is 2. The zero-order chi connectivity index (χ0) is 13.5. The standard InChI is InChI=1S/C13H29NO3/c1-12(2,3)14-9-11(15)10-16-7-8-17-13(4,5)6/h11,14-15H,7-10H2,1-6H3. The summed E-state index contributed by atoms with van der Waals surface area (Å²) in [6.07, 6.45) is -0.469. The molecule has 0 rings (SSSR count). The zero-order valence-corrected chi connectivity index (χ0v) is 12.2. The van der Waals surface area contributed by atoms with Gasteiger partial charge < -0.3 is 19.9 Å². The fourth-order valence-corrected chi connectivity index (χ4v) is 1.11. The lowest BCUT2D eigenvalue weighted by Crippen LogP contribution is -2.42. The lowest BCUT2D eigenvalue weighted by Gasteiger charge is -2.23. The Labute approximate surface area is 106 Å². The van der Waals surface area contributed by atoms with Crippen molar-refractivity contribution in [1.29, 1.82) is 0 Å². The predicted molar refractivity (Wildman–Crippen MR) is 70.3 cm³/mol. The summed E-state index contributed by atoms with van der Waals surface area (Å²) >= 11 is 0. The van der Waals surface area contributed by atoms with Gasteiger partial charge in [0.15, 0.2) is 0 Å². The smallest absolute Gasteiger partial charge is 0.0897 e. The van der Waals surface area contributed by atoms with Crippen LogP contribution in [0.3, 0.4) is 0 Å². The first-order chi connectivity index (χ1) is 7.60. The number of nitrogens with one attached hydrogen (secondary N) is 1. The summed E-state index contributed by atoms with van der Waals surface area (Å²) in [7, 11) is 0. The number of aliphatic hydroxyl groups excluding tert-OH is 1. The zero-order valence-electron chi connectivity index (χ0n) is 12.2. The van der Waals surface area contributed by atoms with Crippen LogP contribution < -0.4 is 5.32 Å². The average molecular weight is 247 g/mol. The van der Waals surface area contributed by atoms with Crippen molar-refractivity contribution in [2.24, 2.45) is 0 Å². The van der Waals surface area contributed by atoms with Crippen molar-refractivity contribution in [3.05, 3.63) is 0 Å². The molecule has 0 saturated heterocycles. The molecule has 0 saturated carbocycles. The highest BCUT2D eigenvalue weighted by molar-refractivity contribution is 4.72. The molecule has 0 spiro atoms. The van der Waals surface area contributed by atoms with Crippen LogP contribution in [-0.4, -0.2) is 48.7 Å². The van der Waals surface area contributed by atoms with Crippen LogP contribution in [0.2, 0.25) is 0 Å². The van der Waals surface area contributed by atoms with Crippen molar-refractivity contribution >= 4 is 0 Å². The minimum absolute atomic E-state index is 0.0241. The SMILES string of the molecule is CC(C)(C)NCC(O)COCCOC(C)(C)C. The van der Waals surface area contributed by atoms with E-state index in [1.54, 1.807) is 0 Å². The largest absolute Gasteiger partial charge is 0.389 e. The molecule has 0 aromatic rings. The molecule has 17 heavy (non-hydrogen) atoms. The van der Waals surface area contributed by atoms with E-state index >= 15 is 0 Å². The molecular weight excluding hydrogens is 218 g/mol. The van der Waals surface area contributed by atoms with Gasteiger partial charge in [-0.25, -0.2) is 0 Å². The van der Waals surface area contributed by atoms with Gasteiger partial charge >= 0.3 is 0 Å². The van der Waals surface area contributed by atoms with Crippen LogP contribution in [0.5, 0.6) is 0 Å². The number of rotatable bonds is 7. The molecular formula is C13H29NO3. The van der Waals surface area contributed by atoms with Crippen molar-refractivity contribution < 1.29 is 14.6 Å². The van der Waals surface area contributed by atoms with Crippen LogP contribution in [-0.2, 0) is 9.47 Å². The van der Waals surface area contributed by atoms with E-state index in [-0.39, 0.29) is 11.1 Å². The fourth-order valence-electron chi connectivity index (χ4n) is 1.11. The third-order valence-electron chi connectivity index (χ3n) is 1.94. The minimum Gasteiger partial charge on any atom is -0.389 e. The molecule has 104 valence electrons. The lowest BCUT2D eigenvalue weighted by molar-refractivity contribution is -0.0474. The maximum atomic E-state index is 9.64. The van der Waals surface area contributed by atoms with Gasteiger partial charge in [-0.3, -0.25) is 0 Å². The molecule has 0 fully saturated rings. The van der Waals surface area contributed by atoms with E-state index in [9.17, 15) is 5.11 Å². The third kappa shape index (κ3) is 13.8. The monoisotopic (exact) mass is 247 g/mol. The van der Waals surface area contributed by atoms with Crippen molar-refractivity contribution in [3.8, 4) is 0 Å². The number of β-amino-alcohol motifs (C(OH)–C–C–N with tert-alkyl or cyclic N) is 1. The molecule has 4 nitrogen and oxygen atoms in total. The Balaban J connectivity index is 3.43. The van der Waals surface area contributed by atoms with E-state index in [4.69, 9.17) is 9.47 Å². The first kappa shape index (κ1) is 16.8. The first-order valence-corrected chi connectivity index (χ1v) is 6.25. The number of aliphatic hydroxyl groups is 1. The van der Waals surface area contributed by atoms with Gasteiger partial charge in [-0.05, 0) is 41.5 Å². The molecule has 1 atom stereocenters. The van der Waals surface area contributed by atoms with E-state index in [0.717, 1.165) is 0 Å². The number of hydrogen-bond acceptors (Lipinski definition) is 4. The van der Waals surface area contributed by atoms with Crippen molar-refractivity contribution in [1.82, 2.24) is 5.32 Å². The lowest BCUT2D eigenvalue weighted by atomic mass is 10.1. The second-order valence-electron chi connectivity index (χ2n) is 6.32. The normalized spacial score (nSPS) is 15.0. The van der Waals surface area contributed by atoms with Gasteiger partial charge in [0.05, 0.1) is 31.5 Å². The Kier molecular flexibility index (Phi) is 7.24. The molecule has 0 aromatic carbocycles. The van der Waals surface area contributed by atoms with Gasteiger partial charge in [-0.2, -0.15) is 0 Å². The minimum atomic E-state index is -0.469. The van der Waals surface area contributed by atoms with Gasteiger partial charge in [0.1, 0.15) is 0 Å². The summed E-state index contributed by atoms with van der Waals surface area (Å²) in [6.45, 7) is 14.2. The highest BCUT2D eigenvalue weighted by Crippen LogP contribution is 2.05. The van der Waals surface area contributed by atoms with E-state index in [1.165, 1.54) is 0 Å². The maximum Gasteiger partial charge on any atom is 0.0897 e. The Hall–Kier alpha value is -0.160. The third-order valence-corrected chi connectivity index (χ3v) is 1.94. The molecule has 2 N–H and O–H groups in total. The maximum absolute atomic E-state index is 9.64. The number of hydrogen-bond donors (Lipinski definition) is 2. The van der Waals surface area contributed by atoms with E-state index in [1.807, 2.05) is 20.8 Å². The summed E-state index contributed by atoms with van der Waals surface area (Å²) in [5.74, 6) is 0. The van der Waals surface area contributed by atoms with Crippen LogP contribution in [0.4, 0.5) is 0 Å². The van der Waals surface area contributed by atoms with Crippen LogP contribution in [0, 0.1) is 0 Å². The predicted octanol–water partition coefficient (Wildman–Crippen LogP) is 1.57. The van der Waals surface area contributed by atoms with Crippen LogP contribution >= 0.6 is 0 Å². The molecule has 0 aliphatic carbocycles. The quantitative estimate of drug-likeness (QED) is 0.671. The van der Waals surface area contributed by atoms with Crippen molar-refractivity contribution in [3.63, 3.8) is 0 Å².